The van der Waals surface area contributed by atoms with Gasteiger partial charge in [-0.05, 0) is 32.2 Å². The lowest BCUT2D eigenvalue weighted by atomic mass is 10.1. The second-order valence-electron chi connectivity index (χ2n) is 6.29. The topological polar surface area (TPSA) is 56.3 Å². The summed E-state index contributed by atoms with van der Waals surface area (Å²) in [5.41, 5.74) is 2.34. The van der Waals surface area contributed by atoms with E-state index in [1.807, 2.05) is 0 Å². The molecule has 0 bridgehead atoms. The lowest BCUT2D eigenvalue weighted by Gasteiger charge is -2.25. The number of aromatic nitrogens is 2. The van der Waals surface area contributed by atoms with Crippen molar-refractivity contribution in [1.29, 1.82) is 0 Å². The molecule has 1 aromatic heterocycles. The van der Waals surface area contributed by atoms with E-state index in [4.69, 9.17) is 19.4 Å². The molecule has 0 aromatic carbocycles. The van der Waals surface area contributed by atoms with Crippen molar-refractivity contribution in [2.24, 2.45) is 0 Å². The Labute approximate surface area is 137 Å². The Kier molecular flexibility index (Phi) is 5.16. The summed E-state index contributed by atoms with van der Waals surface area (Å²) in [6, 6.07) is 0. The van der Waals surface area contributed by atoms with Crippen LogP contribution in [0.25, 0.3) is 0 Å². The average molecular weight is 326 g/mol. The van der Waals surface area contributed by atoms with Crippen LogP contribution >= 0.6 is 12.4 Å². The molecule has 1 aromatic rings. The number of hydrogen-bond donors (Lipinski definition) is 1. The number of ether oxygens (including phenoxy) is 2. The molecule has 6 heteroatoms. The maximum absolute atomic E-state index is 6.26. The summed E-state index contributed by atoms with van der Waals surface area (Å²) >= 11 is 0. The maximum atomic E-state index is 6.26. The van der Waals surface area contributed by atoms with Crippen LogP contribution in [-0.2, 0) is 17.6 Å². The number of rotatable bonds is 3. The summed E-state index contributed by atoms with van der Waals surface area (Å²) in [5, 5.41) is 3.40. The van der Waals surface area contributed by atoms with E-state index in [9.17, 15) is 0 Å². The van der Waals surface area contributed by atoms with Gasteiger partial charge in [-0.25, -0.2) is 4.98 Å². The molecule has 3 aliphatic rings. The van der Waals surface area contributed by atoms with E-state index in [2.05, 4.69) is 5.32 Å². The van der Waals surface area contributed by atoms with Crippen molar-refractivity contribution < 1.29 is 9.47 Å². The molecule has 2 fully saturated rings. The highest BCUT2D eigenvalue weighted by Crippen LogP contribution is 2.39. The molecule has 1 N–H and O–H groups in total. The van der Waals surface area contributed by atoms with Crippen LogP contribution in [0, 0.1) is 0 Å². The molecule has 0 amide bonds. The molecule has 4 rings (SSSR count). The predicted molar refractivity (Wildman–Crippen MR) is 86.0 cm³/mol. The summed E-state index contributed by atoms with van der Waals surface area (Å²) < 4.78 is 11.9. The maximum Gasteiger partial charge on any atom is 0.220 e. The number of piperidine rings is 1. The minimum atomic E-state index is 0. The smallest absolute Gasteiger partial charge is 0.220 e. The second kappa shape index (κ2) is 7.11. The summed E-state index contributed by atoms with van der Waals surface area (Å²) in [5.74, 6) is 2.39. The van der Waals surface area contributed by atoms with E-state index in [0.717, 1.165) is 63.0 Å². The molecule has 5 nitrogen and oxygen atoms in total. The first-order chi connectivity index (χ1) is 10.4. The van der Waals surface area contributed by atoms with Gasteiger partial charge in [-0.1, -0.05) is 0 Å². The van der Waals surface area contributed by atoms with Gasteiger partial charge in [0.25, 0.3) is 0 Å². The number of hydrogen-bond acceptors (Lipinski definition) is 5. The highest BCUT2D eigenvalue weighted by atomic mass is 35.5. The lowest BCUT2D eigenvalue weighted by molar-refractivity contribution is 0.143. The monoisotopic (exact) mass is 325 g/mol. The van der Waals surface area contributed by atoms with Gasteiger partial charge < -0.3 is 14.8 Å². The van der Waals surface area contributed by atoms with E-state index in [-0.39, 0.29) is 18.5 Å². The van der Waals surface area contributed by atoms with Crippen molar-refractivity contribution in [3.8, 4) is 5.88 Å². The van der Waals surface area contributed by atoms with Crippen molar-refractivity contribution in [2.75, 3.05) is 26.3 Å². The van der Waals surface area contributed by atoms with Gasteiger partial charge >= 0.3 is 0 Å². The standard InChI is InChI=1S/C16H23N3O2.ClH/c1-2-12(10-17-7-1)21-16-13-5-8-20-9-6-14(13)18-15(19-16)11-3-4-11;/h11-12,17H,1-10H2;1H. The third-order valence-corrected chi connectivity index (χ3v) is 4.52. The van der Waals surface area contributed by atoms with Crippen molar-refractivity contribution in [2.45, 2.75) is 50.5 Å². The van der Waals surface area contributed by atoms with Gasteiger partial charge in [-0.2, -0.15) is 4.98 Å². The van der Waals surface area contributed by atoms with Gasteiger partial charge in [0.2, 0.25) is 5.88 Å². The van der Waals surface area contributed by atoms with Crippen LogP contribution in [0.15, 0.2) is 0 Å². The Hall–Kier alpha value is -0.910. The third-order valence-electron chi connectivity index (χ3n) is 4.52. The number of halogens is 1. The predicted octanol–water partition coefficient (Wildman–Crippen LogP) is 2.02. The van der Waals surface area contributed by atoms with Crippen LogP contribution in [0.4, 0.5) is 0 Å². The van der Waals surface area contributed by atoms with Crippen molar-refractivity contribution in [1.82, 2.24) is 15.3 Å². The van der Waals surface area contributed by atoms with E-state index in [0.29, 0.717) is 5.92 Å². The molecular formula is C16H24ClN3O2. The van der Waals surface area contributed by atoms with Gasteiger partial charge in [0.15, 0.2) is 0 Å². The van der Waals surface area contributed by atoms with Crippen molar-refractivity contribution in [3.05, 3.63) is 17.1 Å². The van der Waals surface area contributed by atoms with Gasteiger partial charge in [0.05, 0.1) is 18.9 Å². The quantitative estimate of drug-likeness (QED) is 0.921. The molecule has 1 saturated heterocycles. The normalized spacial score (nSPS) is 24.8. The molecule has 3 heterocycles. The first kappa shape index (κ1) is 16.0. The largest absolute Gasteiger partial charge is 0.473 e. The fourth-order valence-corrected chi connectivity index (χ4v) is 3.13. The van der Waals surface area contributed by atoms with Gasteiger partial charge in [-0.3, -0.25) is 0 Å². The van der Waals surface area contributed by atoms with Crippen LogP contribution < -0.4 is 10.1 Å². The summed E-state index contributed by atoms with van der Waals surface area (Å²) in [6.45, 7) is 3.54. The van der Waals surface area contributed by atoms with E-state index < -0.39 is 0 Å². The molecule has 1 unspecified atom stereocenters. The highest BCUT2D eigenvalue weighted by molar-refractivity contribution is 5.85. The van der Waals surface area contributed by atoms with Crippen LogP contribution in [0.2, 0.25) is 0 Å². The van der Waals surface area contributed by atoms with Gasteiger partial charge in [-0.15, -0.1) is 12.4 Å². The van der Waals surface area contributed by atoms with Gasteiger partial charge in [0.1, 0.15) is 11.9 Å². The first-order valence-corrected chi connectivity index (χ1v) is 8.25. The Balaban J connectivity index is 0.00000144. The zero-order chi connectivity index (χ0) is 14.1. The second-order valence-corrected chi connectivity index (χ2v) is 6.29. The van der Waals surface area contributed by atoms with Gasteiger partial charge in [0, 0.05) is 30.9 Å². The van der Waals surface area contributed by atoms with Crippen LogP contribution in [0.1, 0.15) is 48.7 Å². The molecule has 0 radical (unpaired) electrons. The molecule has 22 heavy (non-hydrogen) atoms. The zero-order valence-electron chi connectivity index (χ0n) is 12.8. The average Bonchev–Trinajstić information content (AvgIpc) is 3.35. The minimum Gasteiger partial charge on any atom is -0.473 e. The molecular weight excluding hydrogens is 302 g/mol. The third kappa shape index (κ3) is 3.53. The lowest BCUT2D eigenvalue weighted by Crippen LogP contribution is -2.37. The Morgan fingerprint density at radius 2 is 1.95 bits per heavy atom. The number of nitrogens with zero attached hydrogens (tertiary/aromatic N) is 2. The Morgan fingerprint density at radius 1 is 1.09 bits per heavy atom. The van der Waals surface area contributed by atoms with E-state index in [1.165, 1.54) is 24.8 Å². The SMILES string of the molecule is C1CNCC(Oc2nc(C3CC3)nc3c2CCOCC3)C1.Cl. The first-order valence-electron chi connectivity index (χ1n) is 8.25. The highest BCUT2D eigenvalue weighted by Gasteiger charge is 2.30. The fourth-order valence-electron chi connectivity index (χ4n) is 3.13. The van der Waals surface area contributed by atoms with E-state index >= 15 is 0 Å². The molecule has 1 aliphatic carbocycles. The minimum absolute atomic E-state index is 0. The Bertz CT molecular complexity index is 516. The van der Waals surface area contributed by atoms with Crippen molar-refractivity contribution >= 4 is 12.4 Å². The summed E-state index contributed by atoms with van der Waals surface area (Å²) in [4.78, 5) is 9.57. The van der Waals surface area contributed by atoms with E-state index in [1.54, 1.807) is 0 Å². The van der Waals surface area contributed by atoms with Crippen molar-refractivity contribution in [3.63, 3.8) is 0 Å². The molecule has 122 valence electrons. The summed E-state index contributed by atoms with van der Waals surface area (Å²) in [7, 11) is 0. The molecule has 1 saturated carbocycles. The molecule has 2 aliphatic heterocycles. The Morgan fingerprint density at radius 3 is 2.73 bits per heavy atom. The molecule has 1 atom stereocenters. The van der Waals surface area contributed by atoms with Crippen LogP contribution in [0.3, 0.4) is 0 Å². The number of fused-ring (bicyclic) bond motifs is 1. The summed E-state index contributed by atoms with van der Waals surface area (Å²) in [6.07, 6.45) is 6.73. The zero-order valence-corrected chi connectivity index (χ0v) is 13.7. The molecule has 0 spiro atoms. The van der Waals surface area contributed by atoms with Crippen LogP contribution in [-0.4, -0.2) is 42.4 Å². The van der Waals surface area contributed by atoms with Crippen LogP contribution in [0.5, 0.6) is 5.88 Å². The number of nitrogens with one attached hydrogen (secondary N) is 1. The fraction of sp³-hybridized carbons (Fsp3) is 0.750.